The van der Waals surface area contributed by atoms with Gasteiger partial charge in [0, 0.05) is 37.7 Å². The van der Waals surface area contributed by atoms with Crippen LogP contribution in [0.3, 0.4) is 0 Å². The molecule has 220 valence electrons. The van der Waals surface area contributed by atoms with Crippen LogP contribution in [0.2, 0.25) is 0 Å². The molecule has 41 heavy (non-hydrogen) atoms. The summed E-state index contributed by atoms with van der Waals surface area (Å²) < 4.78 is 6.93. The molecule has 0 radical (unpaired) electrons. The Balaban J connectivity index is 2.04. The Hall–Kier alpha value is -3.94. The Morgan fingerprint density at radius 2 is 1.66 bits per heavy atom. The van der Waals surface area contributed by atoms with Gasteiger partial charge in [-0.05, 0) is 64.7 Å². The number of benzene rings is 2. The molecule has 1 aromatic heterocycles. The molecule has 0 bridgehead atoms. The van der Waals surface area contributed by atoms with E-state index in [1.54, 1.807) is 11.6 Å². The third-order valence-electron chi connectivity index (χ3n) is 6.91. The lowest BCUT2D eigenvalue weighted by Gasteiger charge is -2.36. The highest BCUT2D eigenvalue weighted by Gasteiger charge is 2.33. The molecular formula is C33H44N4O4. The quantitative estimate of drug-likeness (QED) is 0.319. The molecule has 8 heteroatoms. The summed E-state index contributed by atoms with van der Waals surface area (Å²) in [6.45, 7) is 14.0. The second kappa shape index (κ2) is 13.6. The van der Waals surface area contributed by atoms with Crippen LogP contribution in [-0.2, 0) is 18.2 Å². The van der Waals surface area contributed by atoms with E-state index >= 15 is 0 Å². The smallest absolute Gasteiger partial charge is 0.407 e. The summed E-state index contributed by atoms with van der Waals surface area (Å²) in [6.07, 6.45) is 0.410. The fourth-order valence-corrected chi connectivity index (χ4v) is 4.79. The summed E-state index contributed by atoms with van der Waals surface area (Å²) in [7, 11) is 1.73. The van der Waals surface area contributed by atoms with Gasteiger partial charge in [0.2, 0.25) is 0 Å². The molecule has 8 nitrogen and oxygen atoms in total. The Labute approximate surface area is 243 Å². The maximum Gasteiger partial charge on any atom is 0.407 e. The van der Waals surface area contributed by atoms with E-state index in [4.69, 9.17) is 9.72 Å². The molecule has 2 aromatic carbocycles. The number of nitrogens with zero attached hydrogens (tertiary/aromatic N) is 3. The highest BCUT2D eigenvalue weighted by atomic mass is 16.6. The van der Waals surface area contributed by atoms with Crippen LogP contribution >= 0.6 is 0 Å². The van der Waals surface area contributed by atoms with Gasteiger partial charge in [-0.15, -0.1) is 0 Å². The van der Waals surface area contributed by atoms with Crippen molar-refractivity contribution in [1.82, 2.24) is 19.8 Å². The van der Waals surface area contributed by atoms with Crippen molar-refractivity contribution in [2.45, 2.75) is 73.0 Å². The van der Waals surface area contributed by atoms with E-state index in [0.717, 1.165) is 11.1 Å². The molecule has 2 amide bonds. The lowest BCUT2D eigenvalue weighted by molar-refractivity contribution is 0.0520. The van der Waals surface area contributed by atoms with Gasteiger partial charge < -0.3 is 15.0 Å². The number of carbonyl (C=O) groups excluding carboxylic acids is 2. The first kappa shape index (κ1) is 31.6. The van der Waals surface area contributed by atoms with Gasteiger partial charge in [0.15, 0.2) is 0 Å². The Morgan fingerprint density at radius 3 is 2.24 bits per heavy atom. The van der Waals surface area contributed by atoms with E-state index in [0.29, 0.717) is 48.6 Å². The number of rotatable bonds is 10. The van der Waals surface area contributed by atoms with Gasteiger partial charge in [0.1, 0.15) is 11.4 Å². The number of carbonyl (C=O) groups is 2. The van der Waals surface area contributed by atoms with Gasteiger partial charge in [0.05, 0.1) is 11.7 Å². The minimum Gasteiger partial charge on any atom is -0.444 e. The summed E-state index contributed by atoms with van der Waals surface area (Å²) in [4.78, 5) is 46.7. The highest BCUT2D eigenvalue weighted by molar-refractivity contribution is 5.94. The third kappa shape index (κ3) is 8.52. The number of aromatic nitrogens is 2. The van der Waals surface area contributed by atoms with Crippen LogP contribution in [0.4, 0.5) is 4.79 Å². The predicted molar refractivity (Wildman–Crippen MR) is 162 cm³/mol. The number of ether oxygens (including phenoxy) is 1. The molecule has 1 N–H and O–H groups in total. The maximum atomic E-state index is 14.1. The standard InChI is InChI=1S/C33H44N4O4/c1-22(2)29(28-27(21-25-13-10-9-11-14-25)31(39)36(8)24(4)35-28)37(30(38)26-17-15-23(3)16-18-26)20-12-19-34-32(40)41-33(5,6)7/h9-11,13-18,22,29H,12,19-21H2,1-8H3,(H,34,40). The van der Waals surface area contributed by atoms with Crippen LogP contribution < -0.4 is 10.9 Å². The molecule has 0 aliphatic carbocycles. The van der Waals surface area contributed by atoms with Crippen molar-refractivity contribution in [1.29, 1.82) is 0 Å². The summed E-state index contributed by atoms with van der Waals surface area (Å²) in [5.41, 5.74) is 3.10. The average Bonchev–Trinajstić information content (AvgIpc) is 2.90. The van der Waals surface area contributed by atoms with Crippen molar-refractivity contribution in [2.24, 2.45) is 13.0 Å². The zero-order valence-electron chi connectivity index (χ0n) is 25.7. The molecular weight excluding hydrogens is 516 g/mol. The van der Waals surface area contributed by atoms with Crippen molar-refractivity contribution in [3.05, 3.63) is 98.7 Å². The summed E-state index contributed by atoms with van der Waals surface area (Å²) in [6, 6.07) is 16.9. The SMILES string of the molecule is Cc1ccc(C(=O)N(CCCNC(=O)OC(C)(C)C)C(c2nc(C)n(C)c(=O)c2Cc2ccccc2)C(C)C)cc1. The first-order valence-electron chi connectivity index (χ1n) is 14.2. The molecule has 0 fully saturated rings. The van der Waals surface area contributed by atoms with Gasteiger partial charge in [-0.1, -0.05) is 61.9 Å². The third-order valence-corrected chi connectivity index (χ3v) is 6.91. The molecule has 0 saturated heterocycles. The van der Waals surface area contributed by atoms with E-state index in [-0.39, 0.29) is 17.4 Å². The first-order chi connectivity index (χ1) is 19.3. The summed E-state index contributed by atoms with van der Waals surface area (Å²) >= 11 is 0. The fourth-order valence-electron chi connectivity index (χ4n) is 4.79. The second-order valence-electron chi connectivity index (χ2n) is 11.9. The van der Waals surface area contributed by atoms with E-state index in [2.05, 4.69) is 5.32 Å². The van der Waals surface area contributed by atoms with Crippen molar-refractivity contribution in [3.8, 4) is 0 Å². The average molecular weight is 561 g/mol. The number of hydrogen-bond donors (Lipinski definition) is 1. The normalized spacial score (nSPS) is 12.2. The van der Waals surface area contributed by atoms with Gasteiger partial charge in [-0.3, -0.25) is 14.2 Å². The Kier molecular flexibility index (Phi) is 10.5. The van der Waals surface area contributed by atoms with Crippen LogP contribution in [0.1, 0.15) is 85.6 Å². The van der Waals surface area contributed by atoms with Gasteiger partial charge in [-0.25, -0.2) is 9.78 Å². The molecule has 1 unspecified atom stereocenters. The lowest BCUT2D eigenvalue weighted by Crippen LogP contribution is -2.42. The van der Waals surface area contributed by atoms with Crippen molar-refractivity contribution in [3.63, 3.8) is 0 Å². The molecule has 3 aromatic rings. The van der Waals surface area contributed by atoms with Gasteiger partial charge in [-0.2, -0.15) is 0 Å². The van der Waals surface area contributed by atoms with Crippen LogP contribution in [0, 0.1) is 19.8 Å². The number of alkyl carbamates (subject to hydrolysis) is 1. The van der Waals surface area contributed by atoms with E-state index in [9.17, 15) is 14.4 Å². The molecule has 0 aliphatic rings. The minimum absolute atomic E-state index is 0.0447. The van der Waals surface area contributed by atoms with E-state index < -0.39 is 17.7 Å². The van der Waals surface area contributed by atoms with Crippen molar-refractivity contribution in [2.75, 3.05) is 13.1 Å². The Bertz CT molecular complexity index is 1390. The van der Waals surface area contributed by atoms with Crippen LogP contribution in [0.5, 0.6) is 0 Å². The zero-order chi connectivity index (χ0) is 30.3. The van der Waals surface area contributed by atoms with E-state index in [1.807, 2.05) is 108 Å². The number of hydrogen-bond acceptors (Lipinski definition) is 5. The largest absolute Gasteiger partial charge is 0.444 e. The van der Waals surface area contributed by atoms with Crippen molar-refractivity contribution < 1.29 is 14.3 Å². The second-order valence-corrected chi connectivity index (χ2v) is 11.9. The molecule has 0 spiro atoms. The van der Waals surface area contributed by atoms with Crippen LogP contribution in [0.15, 0.2) is 59.4 Å². The minimum atomic E-state index is -0.599. The topological polar surface area (TPSA) is 93.5 Å². The first-order valence-corrected chi connectivity index (χ1v) is 14.2. The van der Waals surface area contributed by atoms with E-state index in [1.165, 1.54) is 0 Å². The fraction of sp³-hybridized carbons (Fsp3) is 0.455. The predicted octanol–water partition coefficient (Wildman–Crippen LogP) is 5.74. The molecule has 1 atom stereocenters. The summed E-state index contributed by atoms with van der Waals surface area (Å²) in [5.74, 6) is 0.394. The molecule has 0 aliphatic heterocycles. The zero-order valence-corrected chi connectivity index (χ0v) is 25.7. The van der Waals surface area contributed by atoms with Gasteiger partial charge >= 0.3 is 6.09 Å². The van der Waals surface area contributed by atoms with Crippen molar-refractivity contribution >= 4 is 12.0 Å². The lowest BCUT2D eigenvalue weighted by atomic mass is 9.92. The molecule has 3 rings (SSSR count). The maximum absolute atomic E-state index is 14.1. The summed E-state index contributed by atoms with van der Waals surface area (Å²) in [5, 5.41) is 2.79. The highest BCUT2D eigenvalue weighted by Crippen LogP contribution is 2.31. The molecule has 0 saturated carbocycles. The Morgan fingerprint density at radius 1 is 1.02 bits per heavy atom. The van der Waals surface area contributed by atoms with Crippen LogP contribution in [-0.4, -0.2) is 45.1 Å². The molecule has 1 heterocycles. The number of nitrogens with one attached hydrogen (secondary N) is 1. The van der Waals surface area contributed by atoms with Crippen LogP contribution in [0.25, 0.3) is 0 Å². The monoisotopic (exact) mass is 560 g/mol. The number of amides is 2. The van der Waals surface area contributed by atoms with Gasteiger partial charge in [0.25, 0.3) is 11.5 Å². The number of aryl methyl sites for hydroxylation is 2.